The summed E-state index contributed by atoms with van der Waals surface area (Å²) < 4.78 is 5.19. The van der Waals surface area contributed by atoms with Gasteiger partial charge in [-0.25, -0.2) is 4.79 Å². The first-order valence-electron chi connectivity index (χ1n) is 12.1. The fourth-order valence-electron chi connectivity index (χ4n) is 3.65. The highest BCUT2D eigenvalue weighted by atomic mass is 35.5. The third kappa shape index (κ3) is 7.36. The summed E-state index contributed by atoms with van der Waals surface area (Å²) in [4.78, 5) is 53.6. The van der Waals surface area contributed by atoms with Crippen molar-refractivity contribution in [1.29, 1.82) is 0 Å². The van der Waals surface area contributed by atoms with Crippen molar-refractivity contribution in [2.45, 2.75) is 33.6 Å². The number of unbranched alkanes of at least 4 members (excludes halogenated alkanes) is 1. The van der Waals surface area contributed by atoms with Crippen molar-refractivity contribution in [3.05, 3.63) is 63.5 Å². The zero-order valence-corrected chi connectivity index (χ0v) is 22.7. The molecule has 2 aromatic rings. The van der Waals surface area contributed by atoms with E-state index in [4.69, 9.17) is 16.3 Å². The van der Waals surface area contributed by atoms with E-state index in [2.05, 4.69) is 24.1 Å². The van der Waals surface area contributed by atoms with Gasteiger partial charge in [0.25, 0.3) is 11.1 Å². The monoisotopic (exact) mass is 543 g/mol. The third-order valence-electron chi connectivity index (χ3n) is 5.70. The van der Waals surface area contributed by atoms with Crippen LogP contribution in [0, 0.1) is 0 Å². The number of anilines is 2. The first-order chi connectivity index (χ1) is 17.8. The molecule has 1 aliphatic heterocycles. The number of ether oxygens (including phenoxy) is 1. The smallest absolute Gasteiger partial charge is 0.339 e. The van der Waals surface area contributed by atoms with Crippen molar-refractivity contribution in [3.8, 4) is 0 Å². The second kappa shape index (κ2) is 13.3. The Kier molecular flexibility index (Phi) is 10.2. The summed E-state index contributed by atoms with van der Waals surface area (Å²) >= 11 is 6.91. The van der Waals surface area contributed by atoms with Crippen LogP contribution in [0.3, 0.4) is 0 Å². The van der Waals surface area contributed by atoms with Gasteiger partial charge in [-0.15, -0.1) is 0 Å². The van der Waals surface area contributed by atoms with Crippen LogP contribution in [0.5, 0.6) is 0 Å². The second-order valence-corrected chi connectivity index (χ2v) is 9.66. The Morgan fingerprint density at radius 1 is 1.08 bits per heavy atom. The molecule has 10 heteroatoms. The Labute approximate surface area is 226 Å². The number of esters is 1. The summed E-state index contributed by atoms with van der Waals surface area (Å²) in [5, 5.41) is 2.28. The molecule has 0 aromatic heterocycles. The minimum atomic E-state index is -0.587. The molecule has 0 aliphatic carbocycles. The molecule has 1 N–H and O–H groups in total. The number of thioether (sulfide) groups is 1. The zero-order chi connectivity index (χ0) is 26.9. The molecule has 0 bridgehead atoms. The fourth-order valence-corrected chi connectivity index (χ4v) is 4.68. The summed E-state index contributed by atoms with van der Waals surface area (Å²) in [6.45, 7) is 7.73. The van der Waals surface area contributed by atoms with Crippen LogP contribution in [0.1, 0.15) is 49.5 Å². The number of nitrogens with one attached hydrogen (secondary N) is 1. The van der Waals surface area contributed by atoms with Gasteiger partial charge in [0.15, 0.2) is 0 Å². The molecule has 0 spiro atoms. The van der Waals surface area contributed by atoms with E-state index < -0.39 is 29.6 Å². The molecule has 0 saturated carbocycles. The fraction of sp³-hybridized carbons (Fsp3) is 0.333. The van der Waals surface area contributed by atoms with E-state index in [0.29, 0.717) is 5.69 Å². The number of hydrogen-bond acceptors (Lipinski definition) is 7. The van der Waals surface area contributed by atoms with Crippen LogP contribution in [0.2, 0.25) is 5.02 Å². The van der Waals surface area contributed by atoms with Gasteiger partial charge in [0, 0.05) is 24.5 Å². The molecule has 37 heavy (non-hydrogen) atoms. The van der Waals surface area contributed by atoms with Crippen LogP contribution in [-0.2, 0) is 14.3 Å². The summed E-state index contributed by atoms with van der Waals surface area (Å²) in [5.74, 6) is -1.70. The van der Waals surface area contributed by atoms with Crippen molar-refractivity contribution in [1.82, 2.24) is 4.90 Å². The summed E-state index contributed by atoms with van der Waals surface area (Å²) in [5.41, 5.74) is 2.28. The SMILES string of the molecule is CCCCOC(=O)c1cc(NC(=O)CN2C(=O)S/C(=C/c3ccc(N(CC)CC)cc3)C2=O)ccc1Cl. The predicted molar refractivity (Wildman–Crippen MR) is 148 cm³/mol. The highest BCUT2D eigenvalue weighted by Gasteiger charge is 2.36. The van der Waals surface area contributed by atoms with Crippen molar-refractivity contribution in [2.75, 3.05) is 36.5 Å². The standard InChI is InChI=1S/C27H30ClN3O5S/c1-4-7-14-36-26(34)21-16-19(10-13-22(21)28)29-24(32)17-31-25(33)23(37-27(31)35)15-18-8-11-20(12-9-18)30(5-2)6-3/h8-13,15-16H,4-7,14,17H2,1-3H3,(H,29,32)/b23-15+. The zero-order valence-electron chi connectivity index (χ0n) is 21.1. The summed E-state index contributed by atoms with van der Waals surface area (Å²) in [6, 6.07) is 12.1. The van der Waals surface area contributed by atoms with E-state index in [1.807, 2.05) is 31.2 Å². The van der Waals surface area contributed by atoms with Crippen LogP contribution < -0.4 is 10.2 Å². The van der Waals surface area contributed by atoms with Gasteiger partial charge < -0.3 is 15.0 Å². The molecule has 3 amide bonds. The number of imide groups is 1. The number of benzene rings is 2. The molecule has 2 aromatic carbocycles. The Morgan fingerprint density at radius 3 is 2.43 bits per heavy atom. The van der Waals surface area contributed by atoms with Gasteiger partial charge in [-0.3, -0.25) is 19.3 Å². The molecule has 0 unspecified atom stereocenters. The molecule has 1 heterocycles. The lowest BCUT2D eigenvalue weighted by molar-refractivity contribution is -0.127. The Morgan fingerprint density at radius 2 is 1.78 bits per heavy atom. The number of carbonyl (C=O) groups excluding carboxylic acids is 4. The molecule has 8 nitrogen and oxygen atoms in total. The first-order valence-corrected chi connectivity index (χ1v) is 13.3. The van der Waals surface area contributed by atoms with E-state index in [9.17, 15) is 19.2 Å². The molecule has 1 aliphatic rings. The Balaban J connectivity index is 1.64. The van der Waals surface area contributed by atoms with Gasteiger partial charge >= 0.3 is 5.97 Å². The molecular formula is C27H30ClN3O5S. The quantitative estimate of drug-likeness (QED) is 0.217. The van der Waals surface area contributed by atoms with Gasteiger partial charge in [0.05, 0.1) is 22.1 Å². The van der Waals surface area contributed by atoms with E-state index in [0.717, 1.165) is 53.8 Å². The molecule has 3 rings (SSSR count). The number of nitrogens with zero attached hydrogens (tertiary/aromatic N) is 2. The maximum atomic E-state index is 12.8. The van der Waals surface area contributed by atoms with Gasteiger partial charge in [-0.2, -0.15) is 0 Å². The van der Waals surface area contributed by atoms with Gasteiger partial charge in [-0.05, 0) is 74.0 Å². The number of amides is 3. The van der Waals surface area contributed by atoms with E-state index in [1.165, 1.54) is 18.2 Å². The minimum absolute atomic E-state index is 0.122. The maximum absolute atomic E-state index is 12.8. The number of carbonyl (C=O) groups is 4. The Bertz CT molecular complexity index is 1200. The topological polar surface area (TPSA) is 96.0 Å². The second-order valence-electron chi connectivity index (χ2n) is 8.26. The predicted octanol–water partition coefficient (Wildman–Crippen LogP) is 5.82. The molecule has 196 valence electrons. The van der Waals surface area contributed by atoms with Crippen molar-refractivity contribution < 1.29 is 23.9 Å². The highest BCUT2D eigenvalue weighted by molar-refractivity contribution is 8.18. The average Bonchev–Trinajstić information content (AvgIpc) is 3.14. The highest BCUT2D eigenvalue weighted by Crippen LogP contribution is 2.32. The summed E-state index contributed by atoms with van der Waals surface area (Å²) in [7, 11) is 0. The lowest BCUT2D eigenvalue weighted by atomic mass is 10.1. The Hall–Kier alpha value is -3.30. The largest absolute Gasteiger partial charge is 0.462 e. The van der Waals surface area contributed by atoms with E-state index in [-0.39, 0.29) is 22.1 Å². The van der Waals surface area contributed by atoms with Gasteiger partial charge in [0.1, 0.15) is 6.54 Å². The molecule has 0 atom stereocenters. The number of hydrogen-bond donors (Lipinski definition) is 1. The molecule has 0 radical (unpaired) electrons. The molecular weight excluding hydrogens is 514 g/mol. The van der Waals surface area contributed by atoms with E-state index in [1.54, 1.807) is 6.08 Å². The number of rotatable bonds is 11. The summed E-state index contributed by atoms with van der Waals surface area (Å²) in [6.07, 6.45) is 3.25. The van der Waals surface area contributed by atoms with Crippen LogP contribution >= 0.6 is 23.4 Å². The van der Waals surface area contributed by atoms with Crippen molar-refractivity contribution in [2.24, 2.45) is 0 Å². The number of halogens is 1. The van der Waals surface area contributed by atoms with Crippen LogP contribution in [-0.4, -0.2) is 54.2 Å². The van der Waals surface area contributed by atoms with Crippen molar-refractivity contribution >= 4 is 63.8 Å². The van der Waals surface area contributed by atoms with E-state index >= 15 is 0 Å². The maximum Gasteiger partial charge on any atom is 0.339 e. The van der Waals surface area contributed by atoms with Crippen molar-refractivity contribution in [3.63, 3.8) is 0 Å². The molecule has 1 fully saturated rings. The molecule has 1 saturated heterocycles. The third-order valence-corrected chi connectivity index (χ3v) is 6.93. The van der Waals surface area contributed by atoms with Gasteiger partial charge in [-0.1, -0.05) is 37.1 Å². The lowest BCUT2D eigenvalue weighted by Crippen LogP contribution is -2.36. The lowest BCUT2D eigenvalue weighted by Gasteiger charge is -2.20. The van der Waals surface area contributed by atoms with Crippen LogP contribution in [0.15, 0.2) is 47.4 Å². The van der Waals surface area contributed by atoms with Crippen LogP contribution in [0.4, 0.5) is 16.2 Å². The normalized spacial score (nSPS) is 14.3. The first kappa shape index (κ1) is 28.3. The minimum Gasteiger partial charge on any atom is -0.462 e. The van der Waals surface area contributed by atoms with Crippen LogP contribution in [0.25, 0.3) is 6.08 Å². The van der Waals surface area contributed by atoms with Gasteiger partial charge in [0.2, 0.25) is 5.91 Å². The average molecular weight is 544 g/mol.